The number of urea groups is 1. The maximum atomic E-state index is 12.2. The molecule has 3 unspecified atom stereocenters. The number of aliphatic carboxylic acids is 1. The second-order valence-electron chi connectivity index (χ2n) is 5.44. The average molecular weight is 272 g/mol. The maximum Gasteiger partial charge on any atom is 0.319 e. The molecular weight excluding hydrogens is 248 g/mol. The molecule has 0 saturated carbocycles. The molecule has 2 amide bonds. The lowest BCUT2D eigenvalue weighted by atomic mass is 9.92. The fourth-order valence-corrected chi connectivity index (χ4v) is 2.38. The zero-order valence-electron chi connectivity index (χ0n) is 11.9. The molecule has 0 aromatic carbocycles. The van der Waals surface area contributed by atoms with Gasteiger partial charge in [0.1, 0.15) is 0 Å². The van der Waals surface area contributed by atoms with Crippen molar-refractivity contribution in [1.82, 2.24) is 9.80 Å². The number of hydrogen-bond donors (Lipinski definition) is 2. The molecule has 2 N–H and O–H groups in total. The molecule has 110 valence electrons. The molecule has 0 radical (unpaired) electrons. The molecule has 1 fully saturated rings. The first-order chi connectivity index (χ1) is 8.82. The fourth-order valence-electron chi connectivity index (χ4n) is 2.38. The van der Waals surface area contributed by atoms with Crippen molar-refractivity contribution in [2.45, 2.75) is 45.3 Å². The topological polar surface area (TPSA) is 81.1 Å². The SMILES string of the molecule is CC(O)CCN(C)C(=O)N1CCC(C(=O)O)CC1C. The van der Waals surface area contributed by atoms with Crippen molar-refractivity contribution in [2.75, 3.05) is 20.1 Å². The lowest BCUT2D eigenvalue weighted by Crippen LogP contribution is -2.50. The molecule has 1 aliphatic rings. The van der Waals surface area contributed by atoms with E-state index in [4.69, 9.17) is 5.11 Å². The van der Waals surface area contributed by atoms with E-state index in [1.807, 2.05) is 6.92 Å². The van der Waals surface area contributed by atoms with Crippen LogP contribution in [0.25, 0.3) is 0 Å². The van der Waals surface area contributed by atoms with E-state index in [-0.39, 0.29) is 18.0 Å². The van der Waals surface area contributed by atoms with Crippen LogP contribution in [0.2, 0.25) is 0 Å². The zero-order chi connectivity index (χ0) is 14.6. The Kier molecular flexibility index (Phi) is 5.60. The molecule has 6 nitrogen and oxygen atoms in total. The van der Waals surface area contributed by atoms with E-state index in [0.717, 1.165) is 0 Å². The minimum Gasteiger partial charge on any atom is -0.481 e. The molecule has 1 heterocycles. The number of nitrogens with zero attached hydrogens (tertiary/aromatic N) is 2. The molecule has 3 atom stereocenters. The summed E-state index contributed by atoms with van der Waals surface area (Å²) in [6, 6.07) is -0.145. The zero-order valence-corrected chi connectivity index (χ0v) is 11.9. The number of amides is 2. The Morgan fingerprint density at radius 3 is 2.58 bits per heavy atom. The van der Waals surface area contributed by atoms with Gasteiger partial charge in [0.25, 0.3) is 0 Å². The highest BCUT2D eigenvalue weighted by Crippen LogP contribution is 2.23. The average Bonchev–Trinajstić information content (AvgIpc) is 2.34. The number of aliphatic hydroxyl groups excluding tert-OH is 1. The van der Waals surface area contributed by atoms with Crippen LogP contribution in [0, 0.1) is 5.92 Å². The van der Waals surface area contributed by atoms with Crippen molar-refractivity contribution in [3.8, 4) is 0 Å². The normalized spacial score (nSPS) is 24.9. The van der Waals surface area contributed by atoms with E-state index >= 15 is 0 Å². The highest BCUT2D eigenvalue weighted by Gasteiger charge is 2.33. The van der Waals surface area contributed by atoms with E-state index in [0.29, 0.717) is 32.4 Å². The van der Waals surface area contributed by atoms with Gasteiger partial charge in [0, 0.05) is 26.2 Å². The molecule has 0 bridgehead atoms. The number of piperidine rings is 1. The van der Waals surface area contributed by atoms with E-state index in [2.05, 4.69) is 0 Å². The molecule has 1 saturated heterocycles. The highest BCUT2D eigenvalue weighted by molar-refractivity contribution is 5.75. The smallest absolute Gasteiger partial charge is 0.319 e. The summed E-state index contributed by atoms with van der Waals surface area (Å²) in [5.74, 6) is -1.12. The Labute approximate surface area is 114 Å². The van der Waals surface area contributed by atoms with Gasteiger partial charge in [0.2, 0.25) is 0 Å². The van der Waals surface area contributed by atoms with Crippen molar-refractivity contribution >= 4 is 12.0 Å². The second kappa shape index (κ2) is 6.75. The highest BCUT2D eigenvalue weighted by atomic mass is 16.4. The van der Waals surface area contributed by atoms with Gasteiger partial charge in [0.05, 0.1) is 12.0 Å². The number of likely N-dealkylation sites (tertiary alicyclic amines) is 1. The van der Waals surface area contributed by atoms with E-state index in [9.17, 15) is 14.7 Å². The Morgan fingerprint density at radius 1 is 1.47 bits per heavy atom. The van der Waals surface area contributed by atoms with Crippen LogP contribution in [-0.4, -0.2) is 64.3 Å². The first-order valence-electron chi connectivity index (χ1n) is 6.75. The van der Waals surface area contributed by atoms with Crippen molar-refractivity contribution in [2.24, 2.45) is 5.92 Å². The Bertz CT molecular complexity index is 333. The van der Waals surface area contributed by atoms with Gasteiger partial charge < -0.3 is 20.0 Å². The van der Waals surface area contributed by atoms with Crippen LogP contribution in [0.1, 0.15) is 33.1 Å². The molecule has 19 heavy (non-hydrogen) atoms. The van der Waals surface area contributed by atoms with Crippen LogP contribution < -0.4 is 0 Å². The van der Waals surface area contributed by atoms with Crippen molar-refractivity contribution in [3.05, 3.63) is 0 Å². The molecular formula is C13H24N2O4. The number of aliphatic hydroxyl groups is 1. The lowest BCUT2D eigenvalue weighted by molar-refractivity contribution is -0.143. The monoisotopic (exact) mass is 272 g/mol. The molecule has 0 aromatic rings. The summed E-state index contributed by atoms with van der Waals surface area (Å²) in [4.78, 5) is 26.5. The first-order valence-corrected chi connectivity index (χ1v) is 6.75. The van der Waals surface area contributed by atoms with Gasteiger partial charge >= 0.3 is 12.0 Å². The van der Waals surface area contributed by atoms with Gasteiger partial charge in [-0.15, -0.1) is 0 Å². The van der Waals surface area contributed by atoms with Gasteiger partial charge in [-0.25, -0.2) is 4.79 Å². The molecule has 6 heteroatoms. The fraction of sp³-hybridized carbons (Fsp3) is 0.846. The van der Waals surface area contributed by atoms with E-state index in [1.165, 1.54) is 0 Å². The number of rotatable bonds is 4. The standard InChI is InChI=1S/C13H24N2O4/c1-9-8-11(12(17)18)5-7-15(9)13(19)14(3)6-4-10(2)16/h9-11,16H,4-8H2,1-3H3,(H,17,18). The minimum atomic E-state index is -0.776. The number of carbonyl (C=O) groups is 2. The van der Waals surface area contributed by atoms with Crippen LogP contribution in [-0.2, 0) is 4.79 Å². The summed E-state index contributed by atoms with van der Waals surface area (Å²) in [5, 5.41) is 18.2. The summed E-state index contributed by atoms with van der Waals surface area (Å²) in [6.45, 7) is 4.56. The van der Waals surface area contributed by atoms with Gasteiger partial charge in [-0.2, -0.15) is 0 Å². The number of carboxylic acid groups (broad SMARTS) is 1. The number of carbonyl (C=O) groups excluding carboxylic acids is 1. The van der Waals surface area contributed by atoms with Gasteiger partial charge in [-0.05, 0) is 33.1 Å². The van der Waals surface area contributed by atoms with Crippen molar-refractivity contribution < 1.29 is 19.8 Å². The van der Waals surface area contributed by atoms with Crippen LogP contribution >= 0.6 is 0 Å². The van der Waals surface area contributed by atoms with Crippen LogP contribution in [0.15, 0.2) is 0 Å². The van der Waals surface area contributed by atoms with Crippen LogP contribution in [0.4, 0.5) is 4.79 Å². The third-order valence-corrected chi connectivity index (χ3v) is 3.68. The largest absolute Gasteiger partial charge is 0.481 e. The summed E-state index contributed by atoms with van der Waals surface area (Å²) >= 11 is 0. The molecule has 1 aliphatic heterocycles. The van der Waals surface area contributed by atoms with E-state index < -0.39 is 12.1 Å². The third-order valence-electron chi connectivity index (χ3n) is 3.68. The summed E-state index contributed by atoms with van der Waals surface area (Å²) < 4.78 is 0. The van der Waals surface area contributed by atoms with Crippen LogP contribution in [0.5, 0.6) is 0 Å². The van der Waals surface area contributed by atoms with Gasteiger partial charge in [-0.1, -0.05) is 0 Å². The summed E-state index contributed by atoms with van der Waals surface area (Å²) in [5.41, 5.74) is 0. The lowest BCUT2D eigenvalue weighted by Gasteiger charge is -2.38. The number of hydrogen-bond acceptors (Lipinski definition) is 3. The molecule has 0 aliphatic carbocycles. The second-order valence-corrected chi connectivity index (χ2v) is 5.44. The van der Waals surface area contributed by atoms with Crippen molar-refractivity contribution in [1.29, 1.82) is 0 Å². The predicted octanol–water partition coefficient (Wildman–Crippen LogP) is 0.994. The Hall–Kier alpha value is -1.30. The summed E-state index contributed by atoms with van der Waals surface area (Å²) in [6.07, 6.45) is 1.13. The van der Waals surface area contributed by atoms with E-state index in [1.54, 1.807) is 23.8 Å². The molecule has 1 rings (SSSR count). The maximum absolute atomic E-state index is 12.2. The third kappa shape index (κ3) is 4.38. The van der Waals surface area contributed by atoms with Crippen molar-refractivity contribution in [3.63, 3.8) is 0 Å². The minimum absolute atomic E-state index is 0.0589. The molecule has 0 spiro atoms. The quantitative estimate of drug-likeness (QED) is 0.800. The van der Waals surface area contributed by atoms with Crippen LogP contribution in [0.3, 0.4) is 0 Å². The first kappa shape index (κ1) is 15.8. The van der Waals surface area contributed by atoms with Gasteiger partial charge in [0.15, 0.2) is 0 Å². The molecule has 0 aromatic heterocycles. The Balaban J connectivity index is 2.51. The number of carboxylic acids is 1. The summed E-state index contributed by atoms with van der Waals surface area (Å²) in [7, 11) is 1.71. The predicted molar refractivity (Wildman–Crippen MR) is 70.9 cm³/mol. The Morgan fingerprint density at radius 2 is 2.11 bits per heavy atom. The van der Waals surface area contributed by atoms with Gasteiger partial charge in [-0.3, -0.25) is 4.79 Å².